The van der Waals surface area contributed by atoms with E-state index in [0.717, 1.165) is 27.4 Å². The first kappa shape index (κ1) is 22.1. The summed E-state index contributed by atoms with van der Waals surface area (Å²) in [7, 11) is 0. The smallest absolute Gasteiger partial charge is 0.350 e. The third-order valence-corrected chi connectivity index (χ3v) is 4.96. The van der Waals surface area contributed by atoms with E-state index in [1.807, 2.05) is 60.7 Å². The number of para-hydroxylation sites is 1. The summed E-state index contributed by atoms with van der Waals surface area (Å²) < 4.78 is 41.2. The van der Waals surface area contributed by atoms with Crippen LogP contribution >= 0.6 is 0 Å². The SMILES string of the molecule is O=C(Cn1cc(C(F)(F)F)ccc1=O)NCc1cn(-c2ccccc2)nc1-c1ccccc1. The molecule has 0 atom stereocenters. The lowest BCUT2D eigenvalue weighted by molar-refractivity contribution is -0.138. The molecule has 1 N–H and O–H groups in total. The normalized spacial score (nSPS) is 11.4. The van der Waals surface area contributed by atoms with Gasteiger partial charge in [0.1, 0.15) is 6.54 Å². The van der Waals surface area contributed by atoms with E-state index in [4.69, 9.17) is 0 Å². The maximum atomic E-state index is 12.9. The van der Waals surface area contributed by atoms with Crippen molar-refractivity contribution in [2.45, 2.75) is 19.3 Å². The predicted molar refractivity (Wildman–Crippen MR) is 117 cm³/mol. The molecule has 2 aromatic carbocycles. The maximum absolute atomic E-state index is 12.9. The molecule has 2 aromatic heterocycles. The van der Waals surface area contributed by atoms with E-state index in [1.54, 1.807) is 10.9 Å². The van der Waals surface area contributed by atoms with Crippen LogP contribution in [0.2, 0.25) is 0 Å². The number of carbonyl (C=O) groups excluding carboxylic acids is 1. The third kappa shape index (κ3) is 5.20. The van der Waals surface area contributed by atoms with E-state index in [2.05, 4.69) is 10.4 Å². The highest BCUT2D eigenvalue weighted by Crippen LogP contribution is 2.28. The topological polar surface area (TPSA) is 68.9 Å². The second-order valence-electron chi connectivity index (χ2n) is 7.31. The van der Waals surface area contributed by atoms with Gasteiger partial charge in [-0.1, -0.05) is 48.5 Å². The average molecular weight is 452 g/mol. The lowest BCUT2D eigenvalue weighted by atomic mass is 10.1. The Morgan fingerprint density at radius 2 is 1.58 bits per heavy atom. The van der Waals surface area contributed by atoms with E-state index >= 15 is 0 Å². The Balaban J connectivity index is 1.55. The molecule has 1 amide bonds. The van der Waals surface area contributed by atoms with E-state index in [9.17, 15) is 22.8 Å². The molecular formula is C24H19F3N4O2. The molecule has 6 nitrogen and oxygen atoms in total. The van der Waals surface area contributed by atoms with Crippen LogP contribution in [0.1, 0.15) is 11.1 Å². The summed E-state index contributed by atoms with van der Waals surface area (Å²) in [5, 5.41) is 7.33. The van der Waals surface area contributed by atoms with Crippen LogP contribution in [0.25, 0.3) is 16.9 Å². The van der Waals surface area contributed by atoms with Crippen LogP contribution in [0.4, 0.5) is 13.2 Å². The number of pyridine rings is 1. The van der Waals surface area contributed by atoms with Crippen LogP contribution in [0.15, 0.2) is 90.0 Å². The zero-order valence-electron chi connectivity index (χ0n) is 17.3. The van der Waals surface area contributed by atoms with Gasteiger partial charge in [0.15, 0.2) is 0 Å². The summed E-state index contributed by atoms with van der Waals surface area (Å²) in [6.07, 6.45) is -2.18. The summed E-state index contributed by atoms with van der Waals surface area (Å²) >= 11 is 0. The maximum Gasteiger partial charge on any atom is 0.417 e. The van der Waals surface area contributed by atoms with Gasteiger partial charge < -0.3 is 9.88 Å². The van der Waals surface area contributed by atoms with Gasteiger partial charge in [0.2, 0.25) is 5.91 Å². The monoisotopic (exact) mass is 452 g/mol. The molecule has 0 fully saturated rings. The Bertz CT molecular complexity index is 1310. The van der Waals surface area contributed by atoms with E-state index < -0.39 is 29.8 Å². The van der Waals surface area contributed by atoms with E-state index in [-0.39, 0.29) is 6.54 Å². The minimum Gasteiger partial charge on any atom is -0.350 e. The van der Waals surface area contributed by atoms with Gasteiger partial charge in [-0.25, -0.2) is 4.68 Å². The molecule has 4 aromatic rings. The number of nitrogens with one attached hydrogen (secondary N) is 1. The molecular weight excluding hydrogens is 433 g/mol. The zero-order valence-corrected chi connectivity index (χ0v) is 17.3. The average Bonchev–Trinajstić information content (AvgIpc) is 3.24. The molecule has 0 aliphatic heterocycles. The highest BCUT2D eigenvalue weighted by molar-refractivity contribution is 5.76. The Morgan fingerprint density at radius 3 is 2.24 bits per heavy atom. The number of rotatable bonds is 6. The molecule has 0 unspecified atom stereocenters. The molecule has 4 rings (SSSR count). The van der Waals surface area contributed by atoms with Crippen LogP contribution in [-0.4, -0.2) is 20.3 Å². The van der Waals surface area contributed by atoms with Gasteiger partial charge in [0, 0.05) is 36.1 Å². The highest BCUT2D eigenvalue weighted by atomic mass is 19.4. The third-order valence-electron chi connectivity index (χ3n) is 4.96. The van der Waals surface area contributed by atoms with Gasteiger partial charge in [-0.3, -0.25) is 9.59 Å². The fourth-order valence-electron chi connectivity index (χ4n) is 3.32. The molecule has 0 bridgehead atoms. The summed E-state index contributed by atoms with van der Waals surface area (Å²) in [5.41, 5.74) is 1.38. The van der Waals surface area contributed by atoms with Crippen molar-refractivity contribution < 1.29 is 18.0 Å². The molecule has 0 radical (unpaired) electrons. The lowest BCUT2D eigenvalue weighted by Gasteiger charge is -2.11. The van der Waals surface area contributed by atoms with Crippen molar-refractivity contribution in [1.82, 2.24) is 19.7 Å². The molecule has 0 spiro atoms. The van der Waals surface area contributed by atoms with Gasteiger partial charge in [0.05, 0.1) is 16.9 Å². The van der Waals surface area contributed by atoms with Gasteiger partial charge in [-0.05, 0) is 18.2 Å². The Kier molecular flexibility index (Phi) is 6.12. The number of aromatic nitrogens is 3. The number of carbonyl (C=O) groups is 1. The summed E-state index contributed by atoms with van der Waals surface area (Å²) in [6, 6.07) is 20.4. The number of alkyl halides is 3. The standard InChI is InChI=1S/C24H19F3N4O2/c25-24(26,27)19-11-12-22(33)30(15-19)16-21(32)28-13-18-14-31(20-9-5-2-6-10-20)29-23(18)17-7-3-1-4-8-17/h1-12,14-15H,13,16H2,(H,28,32). The molecule has 0 saturated heterocycles. The number of hydrogen-bond donors (Lipinski definition) is 1. The van der Waals surface area contributed by atoms with Crippen LogP contribution in [0, 0.1) is 0 Å². The number of benzene rings is 2. The molecule has 0 aliphatic carbocycles. The van der Waals surface area contributed by atoms with Crippen molar-refractivity contribution in [2.75, 3.05) is 0 Å². The Hall–Kier alpha value is -4.14. The van der Waals surface area contributed by atoms with Gasteiger partial charge >= 0.3 is 6.18 Å². The number of hydrogen-bond acceptors (Lipinski definition) is 3. The molecule has 0 saturated carbocycles. The summed E-state index contributed by atoms with van der Waals surface area (Å²) in [6.45, 7) is -0.445. The van der Waals surface area contributed by atoms with Crippen molar-refractivity contribution in [1.29, 1.82) is 0 Å². The van der Waals surface area contributed by atoms with Crippen LogP contribution in [0.5, 0.6) is 0 Å². The van der Waals surface area contributed by atoms with Crippen molar-refractivity contribution in [3.8, 4) is 16.9 Å². The molecule has 33 heavy (non-hydrogen) atoms. The molecule has 168 valence electrons. The first-order valence-corrected chi connectivity index (χ1v) is 10.0. The number of amides is 1. The van der Waals surface area contributed by atoms with Gasteiger partial charge in [-0.15, -0.1) is 0 Å². The van der Waals surface area contributed by atoms with Crippen molar-refractivity contribution in [3.63, 3.8) is 0 Å². The Labute approximate surface area is 186 Å². The molecule has 0 aliphatic rings. The largest absolute Gasteiger partial charge is 0.417 e. The fourth-order valence-corrected chi connectivity index (χ4v) is 3.32. The number of nitrogens with zero attached hydrogens (tertiary/aromatic N) is 3. The van der Waals surface area contributed by atoms with Crippen LogP contribution < -0.4 is 10.9 Å². The second kappa shape index (κ2) is 9.15. The predicted octanol–water partition coefficient (Wildman–Crippen LogP) is 4.04. The van der Waals surface area contributed by atoms with Crippen molar-refractivity contribution in [2.24, 2.45) is 0 Å². The van der Waals surface area contributed by atoms with Crippen molar-refractivity contribution >= 4 is 5.91 Å². The van der Waals surface area contributed by atoms with Gasteiger partial charge in [0.25, 0.3) is 5.56 Å². The minimum absolute atomic E-state index is 0.0869. The lowest BCUT2D eigenvalue weighted by Crippen LogP contribution is -2.32. The van der Waals surface area contributed by atoms with E-state index in [0.29, 0.717) is 18.0 Å². The first-order chi connectivity index (χ1) is 15.8. The van der Waals surface area contributed by atoms with Crippen LogP contribution in [0.3, 0.4) is 0 Å². The second-order valence-corrected chi connectivity index (χ2v) is 7.31. The zero-order chi connectivity index (χ0) is 23.4. The van der Waals surface area contributed by atoms with Crippen LogP contribution in [-0.2, 0) is 24.1 Å². The summed E-state index contributed by atoms with van der Waals surface area (Å²) in [4.78, 5) is 24.4. The van der Waals surface area contributed by atoms with Gasteiger partial charge in [-0.2, -0.15) is 18.3 Å². The highest BCUT2D eigenvalue weighted by Gasteiger charge is 2.31. The first-order valence-electron chi connectivity index (χ1n) is 10.0. The Morgan fingerprint density at radius 1 is 0.909 bits per heavy atom. The van der Waals surface area contributed by atoms with Crippen molar-refractivity contribution in [3.05, 3.63) is 107 Å². The fraction of sp³-hybridized carbons (Fsp3) is 0.125. The number of halogens is 3. The molecule has 9 heteroatoms. The van der Waals surface area contributed by atoms with E-state index in [1.165, 1.54) is 0 Å². The minimum atomic E-state index is -4.61. The molecule has 2 heterocycles. The quantitative estimate of drug-likeness (QED) is 0.480. The summed E-state index contributed by atoms with van der Waals surface area (Å²) in [5.74, 6) is -0.595.